The highest BCUT2D eigenvalue weighted by Gasteiger charge is 2.32. The Morgan fingerprint density at radius 1 is 1.45 bits per heavy atom. The summed E-state index contributed by atoms with van der Waals surface area (Å²) in [5.74, 6) is -0.593. The van der Waals surface area contributed by atoms with E-state index in [1.54, 1.807) is 4.90 Å². The predicted molar refractivity (Wildman–Crippen MR) is 75.5 cm³/mol. The second-order valence-corrected chi connectivity index (χ2v) is 5.28. The molecule has 1 aromatic rings. The first kappa shape index (κ1) is 14.9. The lowest BCUT2D eigenvalue weighted by Gasteiger charge is -2.18. The van der Waals surface area contributed by atoms with Gasteiger partial charge in [-0.15, -0.1) is 0 Å². The highest BCUT2D eigenvalue weighted by molar-refractivity contribution is 6.42. The average molecular weight is 319 g/mol. The molecule has 0 aromatic heterocycles. The number of carbonyl (C=O) groups is 1. The van der Waals surface area contributed by atoms with Crippen LogP contribution in [-0.2, 0) is 9.53 Å². The Kier molecular flexibility index (Phi) is 4.35. The lowest BCUT2D eigenvalue weighted by molar-refractivity contribution is -0.384. The zero-order valence-corrected chi connectivity index (χ0v) is 12.1. The van der Waals surface area contributed by atoms with Crippen LogP contribution in [0.25, 0.3) is 0 Å². The number of carbonyl (C=O) groups excluding carboxylic acids is 1. The van der Waals surface area contributed by atoms with E-state index in [-0.39, 0.29) is 27.6 Å². The lowest BCUT2D eigenvalue weighted by atomic mass is 10.1. The number of nitro benzene ring substituents is 1. The van der Waals surface area contributed by atoms with E-state index >= 15 is 0 Å². The highest BCUT2D eigenvalue weighted by Crippen LogP contribution is 2.38. The van der Waals surface area contributed by atoms with Crippen molar-refractivity contribution in [3.63, 3.8) is 0 Å². The molecule has 1 aliphatic rings. The average Bonchev–Trinajstić information content (AvgIpc) is 2.89. The molecule has 0 bridgehead atoms. The van der Waals surface area contributed by atoms with Gasteiger partial charge < -0.3 is 9.64 Å². The maximum absolute atomic E-state index is 11.5. The van der Waals surface area contributed by atoms with Crippen LogP contribution in [0.15, 0.2) is 12.1 Å². The van der Waals surface area contributed by atoms with E-state index in [0.29, 0.717) is 25.2 Å². The van der Waals surface area contributed by atoms with Gasteiger partial charge in [0, 0.05) is 19.2 Å². The molecule has 0 N–H and O–H groups in total. The maximum Gasteiger partial charge on any atom is 0.310 e. The Labute approximate surface area is 125 Å². The van der Waals surface area contributed by atoms with Crippen LogP contribution in [0.5, 0.6) is 0 Å². The number of ether oxygens (including phenoxy) is 1. The quantitative estimate of drug-likeness (QED) is 0.486. The molecule has 1 heterocycles. The molecule has 1 atom stereocenters. The van der Waals surface area contributed by atoms with E-state index in [2.05, 4.69) is 0 Å². The molecule has 0 spiro atoms. The van der Waals surface area contributed by atoms with Crippen molar-refractivity contribution in [3.8, 4) is 0 Å². The van der Waals surface area contributed by atoms with Gasteiger partial charge in [-0.25, -0.2) is 0 Å². The monoisotopic (exact) mass is 318 g/mol. The van der Waals surface area contributed by atoms with Crippen LogP contribution in [0, 0.1) is 16.0 Å². The van der Waals surface area contributed by atoms with Crippen LogP contribution in [0.1, 0.15) is 6.42 Å². The minimum Gasteiger partial charge on any atom is -0.469 e. The third-order valence-electron chi connectivity index (χ3n) is 3.28. The van der Waals surface area contributed by atoms with Gasteiger partial charge in [-0.05, 0) is 12.5 Å². The third kappa shape index (κ3) is 2.81. The van der Waals surface area contributed by atoms with Crippen LogP contribution in [-0.4, -0.2) is 31.1 Å². The third-order valence-corrected chi connectivity index (χ3v) is 4.00. The lowest BCUT2D eigenvalue weighted by Crippen LogP contribution is -2.24. The highest BCUT2D eigenvalue weighted by atomic mass is 35.5. The minimum absolute atomic E-state index is 0.120. The number of anilines is 1. The predicted octanol–water partition coefficient (Wildman–Crippen LogP) is 2.90. The van der Waals surface area contributed by atoms with Crippen molar-refractivity contribution in [1.29, 1.82) is 0 Å². The molecule has 0 aliphatic carbocycles. The second-order valence-electron chi connectivity index (χ2n) is 4.47. The Morgan fingerprint density at radius 2 is 2.10 bits per heavy atom. The normalized spacial score (nSPS) is 18.1. The largest absolute Gasteiger partial charge is 0.469 e. The van der Waals surface area contributed by atoms with Gasteiger partial charge in [0.05, 0.1) is 28.0 Å². The fraction of sp³-hybridized carbons (Fsp3) is 0.417. The first-order chi connectivity index (χ1) is 9.43. The zero-order valence-electron chi connectivity index (χ0n) is 10.6. The van der Waals surface area contributed by atoms with Crippen molar-refractivity contribution in [1.82, 2.24) is 0 Å². The summed E-state index contributed by atoms with van der Waals surface area (Å²) in [7, 11) is 1.33. The number of nitro groups is 1. The van der Waals surface area contributed by atoms with Crippen molar-refractivity contribution < 1.29 is 14.5 Å². The van der Waals surface area contributed by atoms with Crippen LogP contribution in [0.4, 0.5) is 11.4 Å². The van der Waals surface area contributed by atoms with E-state index in [4.69, 9.17) is 27.9 Å². The molecule has 1 saturated heterocycles. The van der Waals surface area contributed by atoms with Gasteiger partial charge in [0.25, 0.3) is 5.69 Å². The molecule has 1 aliphatic heterocycles. The topological polar surface area (TPSA) is 72.7 Å². The summed E-state index contributed by atoms with van der Waals surface area (Å²) in [6, 6.07) is 2.69. The molecule has 1 aromatic carbocycles. The molecule has 6 nitrogen and oxygen atoms in total. The molecule has 1 fully saturated rings. The number of benzene rings is 1. The summed E-state index contributed by atoms with van der Waals surface area (Å²) >= 11 is 11.7. The van der Waals surface area contributed by atoms with Gasteiger partial charge in [0.2, 0.25) is 0 Å². The molecular formula is C12H12Cl2N2O4. The zero-order chi connectivity index (χ0) is 14.9. The Morgan fingerprint density at radius 3 is 2.70 bits per heavy atom. The number of nitrogens with zero attached hydrogens (tertiary/aromatic N) is 2. The number of hydrogen-bond donors (Lipinski definition) is 0. The fourth-order valence-corrected chi connectivity index (χ4v) is 2.58. The van der Waals surface area contributed by atoms with Gasteiger partial charge in [0.1, 0.15) is 5.69 Å². The van der Waals surface area contributed by atoms with Gasteiger partial charge >= 0.3 is 5.97 Å². The van der Waals surface area contributed by atoms with Gasteiger partial charge in [-0.3, -0.25) is 14.9 Å². The summed E-state index contributed by atoms with van der Waals surface area (Å²) in [6.07, 6.45) is 0.587. The van der Waals surface area contributed by atoms with Crippen LogP contribution in [0.3, 0.4) is 0 Å². The molecule has 8 heteroatoms. The van der Waals surface area contributed by atoms with Crippen molar-refractivity contribution in [2.75, 3.05) is 25.1 Å². The van der Waals surface area contributed by atoms with Crippen molar-refractivity contribution >= 4 is 40.5 Å². The van der Waals surface area contributed by atoms with E-state index < -0.39 is 4.92 Å². The number of rotatable bonds is 3. The Hall–Kier alpha value is -1.53. The van der Waals surface area contributed by atoms with E-state index in [9.17, 15) is 14.9 Å². The van der Waals surface area contributed by atoms with Crippen LogP contribution in [0.2, 0.25) is 10.0 Å². The number of hydrogen-bond acceptors (Lipinski definition) is 5. The molecule has 108 valence electrons. The van der Waals surface area contributed by atoms with Crippen LogP contribution < -0.4 is 4.90 Å². The summed E-state index contributed by atoms with van der Waals surface area (Å²) < 4.78 is 4.69. The van der Waals surface area contributed by atoms with Gasteiger partial charge in [-0.2, -0.15) is 0 Å². The summed E-state index contributed by atoms with van der Waals surface area (Å²) in [6.45, 7) is 0.893. The van der Waals surface area contributed by atoms with Crippen molar-refractivity contribution in [2.24, 2.45) is 5.92 Å². The van der Waals surface area contributed by atoms with Gasteiger partial charge in [0.15, 0.2) is 0 Å². The molecule has 1 unspecified atom stereocenters. The Balaban J connectivity index is 2.32. The second kappa shape index (κ2) is 5.85. The molecular weight excluding hydrogens is 307 g/mol. The standard InChI is InChI=1S/C12H12Cl2N2O4/c1-20-12(17)7-2-3-15(6-7)10-4-8(13)9(14)5-11(10)16(18)19/h4-5,7H,2-3,6H2,1H3. The molecule has 20 heavy (non-hydrogen) atoms. The summed E-state index contributed by atoms with van der Waals surface area (Å²) in [5.41, 5.74) is 0.251. The van der Waals surface area contributed by atoms with E-state index in [1.165, 1.54) is 19.2 Å². The summed E-state index contributed by atoms with van der Waals surface area (Å²) in [4.78, 5) is 23.8. The minimum atomic E-state index is -0.511. The van der Waals surface area contributed by atoms with Crippen LogP contribution >= 0.6 is 23.2 Å². The maximum atomic E-state index is 11.5. The number of methoxy groups -OCH3 is 1. The number of halogens is 2. The van der Waals surface area contributed by atoms with E-state index in [1.807, 2.05) is 0 Å². The molecule has 2 rings (SSSR count). The van der Waals surface area contributed by atoms with Gasteiger partial charge in [-0.1, -0.05) is 23.2 Å². The fourth-order valence-electron chi connectivity index (χ4n) is 2.26. The Bertz CT molecular complexity index is 565. The molecule has 0 saturated carbocycles. The van der Waals surface area contributed by atoms with Crippen molar-refractivity contribution in [3.05, 3.63) is 32.3 Å². The number of esters is 1. The smallest absolute Gasteiger partial charge is 0.310 e. The van der Waals surface area contributed by atoms with Crippen molar-refractivity contribution in [2.45, 2.75) is 6.42 Å². The molecule has 0 radical (unpaired) electrons. The SMILES string of the molecule is COC(=O)C1CCN(c2cc(Cl)c(Cl)cc2[N+](=O)[O-])C1. The molecule has 0 amide bonds. The summed E-state index contributed by atoms with van der Waals surface area (Å²) in [5, 5.41) is 11.5. The first-order valence-corrected chi connectivity index (χ1v) is 6.66. The van der Waals surface area contributed by atoms with E-state index in [0.717, 1.165) is 0 Å². The first-order valence-electron chi connectivity index (χ1n) is 5.90.